The van der Waals surface area contributed by atoms with E-state index < -0.39 is 0 Å². The molecule has 8 heteroatoms. The molecule has 1 unspecified atom stereocenters. The molecule has 0 radical (unpaired) electrons. The van der Waals surface area contributed by atoms with Gasteiger partial charge in [-0.15, -0.1) is 24.0 Å². The number of rotatable bonds is 5. The SMILES string of the molecule is CC(CN=C(N)N1CCN(c2ccc(Cl)cc2)CC1)Cn1cccn1.I. The van der Waals surface area contributed by atoms with Crippen molar-refractivity contribution in [3.63, 3.8) is 0 Å². The molecule has 0 aliphatic carbocycles. The van der Waals surface area contributed by atoms with Gasteiger partial charge in [-0.25, -0.2) is 0 Å². The van der Waals surface area contributed by atoms with Crippen LogP contribution in [0.5, 0.6) is 0 Å². The summed E-state index contributed by atoms with van der Waals surface area (Å²) in [5.41, 5.74) is 7.39. The number of halogens is 2. The molecule has 1 aromatic heterocycles. The lowest BCUT2D eigenvalue weighted by molar-refractivity contribution is 0.378. The van der Waals surface area contributed by atoms with E-state index in [1.165, 1.54) is 5.69 Å². The molecule has 1 aliphatic rings. The molecule has 1 saturated heterocycles. The maximum absolute atomic E-state index is 6.19. The van der Waals surface area contributed by atoms with Gasteiger partial charge in [-0.2, -0.15) is 5.10 Å². The fourth-order valence-corrected chi connectivity index (χ4v) is 3.11. The van der Waals surface area contributed by atoms with E-state index in [4.69, 9.17) is 17.3 Å². The van der Waals surface area contributed by atoms with Gasteiger partial charge in [0.1, 0.15) is 0 Å². The van der Waals surface area contributed by atoms with Gasteiger partial charge in [-0.1, -0.05) is 18.5 Å². The smallest absolute Gasteiger partial charge is 0.191 e. The molecule has 1 fully saturated rings. The zero-order chi connectivity index (χ0) is 17.6. The van der Waals surface area contributed by atoms with Crippen LogP contribution >= 0.6 is 35.6 Å². The van der Waals surface area contributed by atoms with E-state index in [0.717, 1.165) is 37.7 Å². The summed E-state index contributed by atoms with van der Waals surface area (Å²) >= 11 is 5.96. The van der Waals surface area contributed by atoms with Gasteiger partial charge >= 0.3 is 0 Å². The van der Waals surface area contributed by atoms with E-state index in [0.29, 0.717) is 18.4 Å². The average molecular weight is 489 g/mol. The van der Waals surface area contributed by atoms with Crippen LogP contribution in [0.3, 0.4) is 0 Å². The third kappa shape index (κ3) is 5.77. The predicted octanol–water partition coefficient (Wildman–Crippen LogP) is 2.93. The maximum Gasteiger partial charge on any atom is 0.191 e. The lowest BCUT2D eigenvalue weighted by Gasteiger charge is -2.36. The Morgan fingerprint density at radius 3 is 2.54 bits per heavy atom. The second-order valence-electron chi connectivity index (χ2n) is 6.48. The Kier molecular flexibility index (Phi) is 8.02. The fourth-order valence-electron chi connectivity index (χ4n) is 2.98. The van der Waals surface area contributed by atoms with E-state index in [1.54, 1.807) is 6.20 Å². The van der Waals surface area contributed by atoms with Gasteiger partial charge < -0.3 is 15.5 Å². The molecule has 1 atom stereocenters. The van der Waals surface area contributed by atoms with Crippen LogP contribution in [0.2, 0.25) is 5.02 Å². The molecule has 3 rings (SSSR count). The number of hydrogen-bond acceptors (Lipinski definition) is 3. The lowest BCUT2D eigenvalue weighted by atomic mass is 10.2. The van der Waals surface area contributed by atoms with E-state index in [2.05, 4.69) is 38.9 Å². The molecular weight excluding hydrogens is 463 g/mol. The summed E-state index contributed by atoms with van der Waals surface area (Å²) in [6.45, 7) is 7.35. The van der Waals surface area contributed by atoms with Crippen LogP contribution in [0.4, 0.5) is 5.69 Å². The number of aliphatic imine (C=N–C) groups is 1. The number of piperazine rings is 1. The van der Waals surface area contributed by atoms with Crippen molar-refractivity contribution in [2.24, 2.45) is 16.6 Å². The second kappa shape index (κ2) is 10.0. The Balaban J connectivity index is 0.00000243. The van der Waals surface area contributed by atoms with Crippen molar-refractivity contribution in [2.75, 3.05) is 37.6 Å². The molecule has 0 spiro atoms. The van der Waals surface area contributed by atoms with Crippen molar-refractivity contribution in [1.29, 1.82) is 0 Å². The van der Waals surface area contributed by atoms with Crippen LogP contribution in [-0.4, -0.2) is 53.4 Å². The van der Waals surface area contributed by atoms with E-state index in [1.807, 2.05) is 29.1 Å². The van der Waals surface area contributed by atoms with Gasteiger partial charge in [-0.05, 0) is 36.2 Å². The number of nitrogens with zero attached hydrogens (tertiary/aromatic N) is 5. The van der Waals surface area contributed by atoms with Gasteiger partial charge in [-0.3, -0.25) is 9.67 Å². The largest absolute Gasteiger partial charge is 0.370 e. The third-order valence-corrected chi connectivity index (χ3v) is 4.67. The molecular formula is C18H26ClIN6. The summed E-state index contributed by atoms with van der Waals surface area (Å²) in [4.78, 5) is 9.09. The molecule has 1 aliphatic heterocycles. The first-order valence-corrected chi connectivity index (χ1v) is 9.02. The third-order valence-electron chi connectivity index (χ3n) is 4.42. The summed E-state index contributed by atoms with van der Waals surface area (Å²) in [7, 11) is 0. The van der Waals surface area contributed by atoms with Crippen molar-refractivity contribution in [1.82, 2.24) is 14.7 Å². The highest BCUT2D eigenvalue weighted by molar-refractivity contribution is 14.0. The van der Waals surface area contributed by atoms with Crippen LogP contribution in [0, 0.1) is 5.92 Å². The second-order valence-corrected chi connectivity index (χ2v) is 6.92. The zero-order valence-corrected chi connectivity index (χ0v) is 18.0. The summed E-state index contributed by atoms with van der Waals surface area (Å²) in [5, 5.41) is 5.00. The van der Waals surface area contributed by atoms with Crippen LogP contribution in [-0.2, 0) is 6.54 Å². The van der Waals surface area contributed by atoms with Gasteiger partial charge in [0.15, 0.2) is 5.96 Å². The molecule has 2 N–H and O–H groups in total. The van der Waals surface area contributed by atoms with E-state index >= 15 is 0 Å². The number of hydrogen-bond donors (Lipinski definition) is 1. The van der Waals surface area contributed by atoms with Gasteiger partial charge in [0.05, 0.1) is 0 Å². The monoisotopic (exact) mass is 488 g/mol. The molecule has 6 nitrogen and oxygen atoms in total. The number of benzene rings is 1. The Bertz CT molecular complexity index is 680. The number of nitrogens with two attached hydrogens (primary N) is 1. The van der Waals surface area contributed by atoms with Crippen molar-refractivity contribution in [3.8, 4) is 0 Å². The highest BCUT2D eigenvalue weighted by Gasteiger charge is 2.18. The van der Waals surface area contributed by atoms with Crippen molar-refractivity contribution in [2.45, 2.75) is 13.5 Å². The Labute approximate surface area is 177 Å². The summed E-state index contributed by atoms with van der Waals surface area (Å²) < 4.78 is 1.93. The number of aromatic nitrogens is 2. The summed E-state index contributed by atoms with van der Waals surface area (Å²) in [5.74, 6) is 1.04. The molecule has 0 bridgehead atoms. The molecule has 1 aromatic carbocycles. The summed E-state index contributed by atoms with van der Waals surface area (Å²) in [6.07, 6.45) is 3.77. The quantitative estimate of drug-likeness (QED) is 0.399. The molecule has 2 heterocycles. The van der Waals surface area contributed by atoms with E-state index in [9.17, 15) is 0 Å². The Hall–Kier alpha value is -1.48. The Morgan fingerprint density at radius 1 is 1.23 bits per heavy atom. The van der Waals surface area contributed by atoms with Gasteiger partial charge in [0, 0.05) is 62.4 Å². The lowest BCUT2D eigenvalue weighted by Crippen LogP contribution is -2.51. The number of guanidine groups is 1. The minimum absolute atomic E-state index is 0. The molecule has 142 valence electrons. The average Bonchev–Trinajstić information content (AvgIpc) is 3.13. The predicted molar refractivity (Wildman–Crippen MR) is 119 cm³/mol. The molecule has 26 heavy (non-hydrogen) atoms. The van der Waals surface area contributed by atoms with Crippen LogP contribution in [0.1, 0.15) is 6.92 Å². The Morgan fingerprint density at radius 2 is 1.92 bits per heavy atom. The standard InChI is InChI=1S/C18H25ClN6.HI/c1-15(14-25-8-2-7-22-25)13-21-18(20)24-11-9-23(10-12-24)17-5-3-16(19)4-6-17;/h2-8,15H,9-14H2,1H3,(H2,20,21);1H. The van der Waals surface area contributed by atoms with Crippen molar-refractivity contribution in [3.05, 3.63) is 47.7 Å². The van der Waals surface area contributed by atoms with Crippen molar-refractivity contribution >= 4 is 47.2 Å². The van der Waals surface area contributed by atoms with Gasteiger partial charge in [0.2, 0.25) is 0 Å². The number of anilines is 1. The topological polar surface area (TPSA) is 62.7 Å². The zero-order valence-electron chi connectivity index (χ0n) is 15.0. The van der Waals surface area contributed by atoms with Gasteiger partial charge in [0.25, 0.3) is 0 Å². The normalized spacial score (nSPS) is 16.3. The van der Waals surface area contributed by atoms with Crippen LogP contribution < -0.4 is 10.6 Å². The first kappa shape index (κ1) is 20.8. The minimum atomic E-state index is 0. The van der Waals surface area contributed by atoms with Crippen LogP contribution in [0.15, 0.2) is 47.7 Å². The minimum Gasteiger partial charge on any atom is -0.370 e. The highest BCUT2D eigenvalue weighted by atomic mass is 127. The molecule has 2 aromatic rings. The first-order chi connectivity index (χ1) is 12.1. The molecule has 0 saturated carbocycles. The van der Waals surface area contributed by atoms with Crippen LogP contribution in [0.25, 0.3) is 0 Å². The summed E-state index contributed by atoms with van der Waals surface area (Å²) in [6, 6.07) is 9.92. The van der Waals surface area contributed by atoms with Crippen molar-refractivity contribution < 1.29 is 0 Å². The maximum atomic E-state index is 6.19. The molecule has 0 amide bonds. The highest BCUT2D eigenvalue weighted by Crippen LogP contribution is 2.19. The van der Waals surface area contributed by atoms with E-state index in [-0.39, 0.29) is 24.0 Å². The first-order valence-electron chi connectivity index (χ1n) is 8.64. The fraction of sp³-hybridized carbons (Fsp3) is 0.444.